The first-order chi connectivity index (χ1) is 49.5. The van der Waals surface area contributed by atoms with Crippen LogP contribution >= 0.6 is 45.2 Å². The van der Waals surface area contributed by atoms with E-state index in [-0.39, 0.29) is 96.6 Å². The van der Waals surface area contributed by atoms with Gasteiger partial charge in [-0.1, -0.05) is 65.8 Å². The molecule has 0 aromatic heterocycles. The predicted molar refractivity (Wildman–Crippen MR) is 383 cm³/mol. The van der Waals surface area contributed by atoms with Crippen LogP contribution in [0, 0.1) is 76.6 Å². The van der Waals surface area contributed by atoms with E-state index in [0.717, 1.165) is 20.6 Å². The lowest BCUT2D eigenvalue weighted by Crippen LogP contribution is -3.61. The van der Waals surface area contributed by atoms with Gasteiger partial charge in [0.25, 0.3) is 0 Å². The number of ether oxygens (including phenoxy) is 7. The first kappa shape index (κ1) is 85.1. The van der Waals surface area contributed by atoms with Crippen LogP contribution in [-0.4, -0.2) is 102 Å². The molecule has 27 heteroatoms. The van der Waals surface area contributed by atoms with Crippen molar-refractivity contribution in [2.24, 2.45) is 35.5 Å². The smallest absolute Gasteiger partial charge is 0.377 e. The second-order valence-corrected chi connectivity index (χ2v) is 39.9. The number of phenols is 1. The van der Waals surface area contributed by atoms with Gasteiger partial charge in [0, 0.05) is 55.8 Å². The first-order valence-corrected chi connectivity index (χ1v) is 41.6. The Morgan fingerprint density at radius 3 is 1.07 bits per heavy atom. The van der Waals surface area contributed by atoms with E-state index in [1.54, 1.807) is 24.3 Å². The van der Waals surface area contributed by atoms with Crippen molar-refractivity contribution in [3.05, 3.63) is 183 Å². The minimum atomic E-state index is -4.36. The third-order valence-electron chi connectivity index (χ3n) is 20.8. The van der Waals surface area contributed by atoms with E-state index in [0.29, 0.717) is 58.1 Å². The van der Waals surface area contributed by atoms with Crippen LogP contribution in [0.1, 0.15) is 142 Å². The molecule has 4 atom stereocenters. The number of aryl methyl sites for hydroxylation is 2. The molecule has 0 amide bonds. The molecule has 6 aromatic rings. The average Bonchev–Trinajstić information content (AvgIpc) is 1.66. The second kappa shape index (κ2) is 32.3. The number of hydrogen-bond acceptors (Lipinski definition) is 10. The lowest BCUT2D eigenvalue weighted by Gasteiger charge is -2.63. The molecule has 8 saturated carbocycles. The van der Waals surface area contributed by atoms with Crippen molar-refractivity contribution in [1.29, 1.82) is 0 Å². The molecule has 10 aliphatic rings. The summed E-state index contributed by atoms with van der Waals surface area (Å²) in [4.78, 5) is 23.4. The topological polar surface area (TPSA) is 119 Å². The highest BCUT2D eigenvalue weighted by Gasteiger charge is 2.72. The van der Waals surface area contributed by atoms with Crippen molar-refractivity contribution in [3.8, 4) is 17.2 Å². The zero-order valence-electron chi connectivity index (χ0n) is 60.6. The summed E-state index contributed by atoms with van der Waals surface area (Å²) in [5.74, 6) is -31.6. The summed E-state index contributed by atoms with van der Waals surface area (Å²) in [6.07, 6.45) is 2.93. The summed E-state index contributed by atoms with van der Waals surface area (Å²) in [5, 5.41) is 8.75. The largest absolute Gasteiger partial charge is 0.508 e. The zero-order valence-corrected chi connectivity index (χ0v) is 69.2. The highest BCUT2D eigenvalue weighted by atomic mass is 127. The fraction of sp³-hybridized carbons (Fsp3) is 0.525. The van der Waals surface area contributed by atoms with Gasteiger partial charge in [0.15, 0.2) is 25.9 Å². The van der Waals surface area contributed by atoms with Crippen LogP contribution in [0.5, 0.6) is 17.2 Å². The molecule has 16 rings (SSSR count). The fourth-order valence-corrected chi connectivity index (χ4v) is 21.0. The number of halogens is 17. The van der Waals surface area contributed by atoms with Gasteiger partial charge in [0.05, 0.1) is 0 Å². The molecule has 8 aliphatic carbocycles. The van der Waals surface area contributed by atoms with Crippen molar-refractivity contribution >= 4 is 57.1 Å². The van der Waals surface area contributed by atoms with E-state index in [1.165, 1.54) is 34.5 Å². The normalized spacial score (nSPS) is 26.4. The summed E-state index contributed by atoms with van der Waals surface area (Å²) >= 11 is 4.09. The summed E-state index contributed by atoms with van der Waals surface area (Å²) in [5.41, 5.74) is 3.22. The maximum absolute atomic E-state index is 13.7. The van der Waals surface area contributed by atoms with Crippen molar-refractivity contribution in [3.63, 3.8) is 0 Å². The molecule has 107 heavy (non-hydrogen) atoms. The highest BCUT2D eigenvalue weighted by Crippen LogP contribution is 2.66. The Hall–Kier alpha value is -4.29. The summed E-state index contributed by atoms with van der Waals surface area (Å²) in [6.45, 7) is 12.6. The lowest BCUT2D eigenvalue weighted by molar-refractivity contribution is -0.598. The Morgan fingerprint density at radius 1 is 0.449 bits per heavy atom. The van der Waals surface area contributed by atoms with Crippen molar-refractivity contribution in [2.45, 2.75) is 203 Å². The van der Waals surface area contributed by atoms with E-state index < -0.39 is 120 Å². The number of benzene rings is 6. The van der Waals surface area contributed by atoms with Gasteiger partial charge < -0.3 is 38.3 Å². The van der Waals surface area contributed by atoms with E-state index in [4.69, 9.17) is 38.3 Å². The van der Waals surface area contributed by atoms with Crippen LogP contribution in [0.2, 0.25) is 0 Å². The maximum Gasteiger partial charge on any atom is 0.377 e. The van der Waals surface area contributed by atoms with Crippen LogP contribution in [0.4, 0.5) is 57.1 Å². The van der Waals surface area contributed by atoms with E-state index in [9.17, 15) is 66.7 Å². The van der Waals surface area contributed by atoms with Crippen LogP contribution < -0.4 is 47.1 Å². The van der Waals surface area contributed by atoms with E-state index in [1.807, 2.05) is 37.3 Å². The Kier molecular flexibility index (Phi) is 25.7. The average molecular weight is 1960 g/mol. The van der Waals surface area contributed by atoms with Gasteiger partial charge in [-0.3, -0.25) is 0 Å². The Bertz CT molecular complexity index is 3880. The number of carbonyl (C=O) groups is 2. The number of hydrogen-bond donors (Lipinski definition) is 1. The number of alkyl halides is 12. The molecular weight excluding hydrogens is 1880 g/mol. The number of esters is 2. The molecule has 2 aliphatic heterocycles. The van der Waals surface area contributed by atoms with Crippen LogP contribution in [0.25, 0.3) is 0 Å². The minimum Gasteiger partial charge on any atom is -0.508 e. The molecule has 584 valence electrons. The molecule has 10 nitrogen and oxygen atoms in total. The summed E-state index contributed by atoms with van der Waals surface area (Å²) < 4.78 is 221. The van der Waals surface area contributed by atoms with Crippen LogP contribution in [0.15, 0.2) is 133 Å². The number of aromatic hydroxyl groups is 1. The fourth-order valence-electron chi connectivity index (χ4n) is 15.6. The number of rotatable bonds is 10. The quantitative estimate of drug-likeness (QED) is 0.0807. The molecule has 0 radical (unpaired) electrons. The maximum atomic E-state index is 13.7. The number of carbonyl (C=O) groups excluding carboxylic acids is 2. The summed E-state index contributed by atoms with van der Waals surface area (Å²) in [7, 11) is 0. The first-order valence-electron chi connectivity index (χ1n) is 35.1. The Morgan fingerprint density at radius 2 is 0.766 bits per heavy atom. The molecule has 10 fully saturated rings. The molecule has 2 saturated heterocycles. The Labute approximate surface area is 663 Å². The molecule has 2 spiro atoms. The SMILES string of the molecule is CC(F)(F)C(=O)OC12CC3CC(C1)C1(OCC(F)(F)C(F)(F)CO1)C(C3)C2.CC(F)(F)C(=O)OC12CC3CC(C1)C1(OCC(F)(F)C(F)(F)CO1)C(C3)C2.Cc1cc(F)ccc1[I+]c1ccc(C(C)(C)C)cc1.Cc1cc(Oc2ccc(I)cc2)ccc1[I+]c1ccc(C(C)(C)C)cc1.Oc1ccc(I)cc1. The van der Waals surface area contributed by atoms with Crippen molar-refractivity contribution in [2.75, 3.05) is 26.4 Å². The van der Waals surface area contributed by atoms with Gasteiger partial charge in [-0.05, 0) is 266 Å². The van der Waals surface area contributed by atoms with Crippen LogP contribution in [-0.2, 0) is 48.8 Å². The molecule has 2 heterocycles. The highest BCUT2D eigenvalue weighted by molar-refractivity contribution is 14.1. The van der Waals surface area contributed by atoms with Crippen molar-refractivity contribution in [1.82, 2.24) is 0 Å². The van der Waals surface area contributed by atoms with Gasteiger partial charge >= 0.3 is 89.9 Å². The van der Waals surface area contributed by atoms with E-state index in [2.05, 4.69) is 173 Å². The monoisotopic (exact) mass is 1960 g/mol. The van der Waals surface area contributed by atoms with Gasteiger partial charge in [-0.25, -0.2) is 14.0 Å². The predicted octanol–water partition coefficient (Wildman–Crippen LogP) is 14.9. The van der Waals surface area contributed by atoms with Crippen LogP contribution in [0.3, 0.4) is 0 Å². The van der Waals surface area contributed by atoms with Gasteiger partial charge in [-0.2, -0.15) is 52.7 Å². The molecule has 8 bridgehead atoms. The number of phenolic OH excluding ortho intramolecular Hbond substituents is 1. The van der Waals surface area contributed by atoms with Gasteiger partial charge in [-0.15, -0.1) is 0 Å². The minimum absolute atomic E-state index is 0.0166. The Balaban J connectivity index is 0.000000148. The lowest BCUT2D eigenvalue weighted by atomic mass is 9.51. The van der Waals surface area contributed by atoms with E-state index >= 15 is 0 Å². The zero-order chi connectivity index (χ0) is 78.5. The third-order valence-corrected chi connectivity index (χ3v) is 28.5. The molecule has 6 aromatic carbocycles. The van der Waals surface area contributed by atoms with Crippen molar-refractivity contribution < 1.29 is 147 Å². The molecular formula is C80H87F13I4O10+2. The standard InChI is InChI=1S/C23H23I2O.2C17H20F6O4.C17H19FI.C6H5IO/c1-16-15-21(26-20-11-7-18(24)8-12-20)13-14-22(16)25-19-9-5-17(6-10-19)23(2,3)4;2*1-13(18,19)12(24)27-14-4-9-2-10(5-14)17(11(3-9)6-14)25-7-15(20,21)16(22,23)8-26-17;1-12-11-14(18)7-10-16(12)19-15-8-5-13(6-9-15)17(2,3)4;7-5-1-3-6(8)4-2-5/h5-15H,1-4H3;2*9-11H,2-8H2,1H3;5-11H,1-4H3;1-4,8H/q+1;;;+1;. The molecule has 1 N–H and O–H groups in total. The molecule has 4 unspecified atom stereocenters. The third kappa shape index (κ3) is 20.2. The van der Waals surface area contributed by atoms with Gasteiger partial charge in [0.1, 0.15) is 60.7 Å². The van der Waals surface area contributed by atoms with Gasteiger partial charge in [0.2, 0.25) is 0 Å². The summed E-state index contributed by atoms with van der Waals surface area (Å²) in [6, 6.07) is 44.8. The second-order valence-electron chi connectivity index (χ2n) is 31.6.